The zero-order valence-electron chi connectivity index (χ0n) is 11.7. The molecule has 20 heavy (non-hydrogen) atoms. The van der Waals surface area contributed by atoms with Crippen LogP contribution in [-0.4, -0.2) is 18.3 Å². The fourth-order valence-corrected chi connectivity index (χ4v) is 1.84. The van der Waals surface area contributed by atoms with Crippen LogP contribution in [0.4, 0.5) is 10.5 Å². The number of carbonyl (C=O) groups excluding carboxylic acids is 1. The van der Waals surface area contributed by atoms with Crippen molar-refractivity contribution in [2.75, 3.05) is 12.4 Å². The van der Waals surface area contributed by atoms with E-state index >= 15 is 0 Å². The first-order chi connectivity index (χ1) is 9.61. The predicted molar refractivity (Wildman–Crippen MR) is 74.8 cm³/mol. The van der Waals surface area contributed by atoms with E-state index in [0.29, 0.717) is 23.7 Å². The molecule has 1 heterocycles. The van der Waals surface area contributed by atoms with Crippen molar-refractivity contribution in [1.29, 1.82) is 0 Å². The lowest BCUT2D eigenvalue weighted by Gasteiger charge is -2.10. The number of methoxy groups -OCH3 is 1. The Morgan fingerprint density at radius 1 is 1.35 bits per heavy atom. The Labute approximate surface area is 117 Å². The second-order valence-electron chi connectivity index (χ2n) is 4.32. The van der Waals surface area contributed by atoms with E-state index in [0.717, 1.165) is 11.3 Å². The van der Waals surface area contributed by atoms with Crippen molar-refractivity contribution in [3.05, 3.63) is 41.3 Å². The van der Waals surface area contributed by atoms with Crippen molar-refractivity contribution in [1.82, 2.24) is 10.5 Å². The molecule has 0 bridgehead atoms. The van der Waals surface area contributed by atoms with E-state index in [-0.39, 0.29) is 6.03 Å². The summed E-state index contributed by atoms with van der Waals surface area (Å²) >= 11 is 0. The van der Waals surface area contributed by atoms with E-state index < -0.39 is 0 Å². The molecule has 2 amide bonds. The zero-order valence-corrected chi connectivity index (χ0v) is 11.7. The summed E-state index contributed by atoms with van der Waals surface area (Å²) in [5, 5.41) is 9.26. The molecule has 0 spiro atoms. The number of aryl methyl sites for hydroxylation is 2. The maximum absolute atomic E-state index is 11.9. The second kappa shape index (κ2) is 6.10. The Morgan fingerprint density at radius 2 is 2.10 bits per heavy atom. The van der Waals surface area contributed by atoms with Crippen LogP contribution >= 0.6 is 0 Å². The minimum atomic E-state index is -0.315. The van der Waals surface area contributed by atoms with E-state index in [2.05, 4.69) is 15.8 Å². The van der Waals surface area contributed by atoms with E-state index in [9.17, 15) is 4.79 Å². The summed E-state index contributed by atoms with van der Waals surface area (Å²) in [5.74, 6) is 1.32. The van der Waals surface area contributed by atoms with E-state index in [4.69, 9.17) is 9.26 Å². The lowest BCUT2D eigenvalue weighted by Crippen LogP contribution is -2.28. The third-order valence-electron chi connectivity index (χ3n) is 2.90. The summed E-state index contributed by atoms with van der Waals surface area (Å²) in [5.41, 5.74) is 2.15. The molecule has 0 fully saturated rings. The van der Waals surface area contributed by atoms with Crippen LogP contribution in [-0.2, 0) is 6.54 Å². The topological polar surface area (TPSA) is 76.4 Å². The third kappa shape index (κ3) is 3.09. The van der Waals surface area contributed by atoms with E-state index in [1.165, 1.54) is 0 Å². The fourth-order valence-electron chi connectivity index (χ4n) is 1.84. The van der Waals surface area contributed by atoms with Crippen LogP contribution in [0.15, 0.2) is 28.8 Å². The highest BCUT2D eigenvalue weighted by atomic mass is 16.5. The molecule has 0 unspecified atom stereocenters. The normalized spacial score (nSPS) is 10.2. The van der Waals surface area contributed by atoms with Crippen LogP contribution < -0.4 is 15.4 Å². The number of nitrogens with one attached hydrogen (secondary N) is 2. The molecule has 6 nitrogen and oxygen atoms in total. The van der Waals surface area contributed by atoms with Gasteiger partial charge in [0.05, 0.1) is 7.11 Å². The van der Waals surface area contributed by atoms with Crippen molar-refractivity contribution in [2.45, 2.75) is 20.4 Å². The lowest BCUT2D eigenvalue weighted by atomic mass is 10.2. The first-order valence-corrected chi connectivity index (χ1v) is 6.21. The molecule has 0 saturated carbocycles. The molecule has 2 aromatic rings. The standard InChI is InChI=1S/C14H17N3O3/c1-9-13(10(2)20-17-9)16-14(18)15-8-11-6-4-5-7-12(11)19-3/h4-7H,8H2,1-3H3,(H2,15,16,18). The second-order valence-corrected chi connectivity index (χ2v) is 4.32. The molecular weight excluding hydrogens is 258 g/mol. The van der Waals surface area contributed by atoms with Crippen LogP contribution in [0, 0.1) is 13.8 Å². The minimum Gasteiger partial charge on any atom is -0.496 e. The summed E-state index contributed by atoms with van der Waals surface area (Å²) in [7, 11) is 1.60. The van der Waals surface area contributed by atoms with Crippen molar-refractivity contribution in [3.63, 3.8) is 0 Å². The molecular formula is C14H17N3O3. The maximum atomic E-state index is 11.9. The van der Waals surface area contributed by atoms with Gasteiger partial charge in [0.1, 0.15) is 17.1 Å². The van der Waals surface area contributed by atoms with Crippen LogP contribution in [0.25, 0.3) is 0 Å². The van der Waals surface area contributed by atoms with Gasteiger partial charge in [0.25, 0.3) is 0 Å². The van der Waals surface area contributed by atoms with Gasteiger partial charge in [0.2, 0.25) is 0 Å². The molecule has 0 atom stereocenters. The van der Waals surface area contributed by atoms with E-state index in [1.54, 1.807) is 21.0 Å². The first kappa shape index (κ1) is 13.9. The average molecular weight is 275 g/mol. The predicted octanol–water partition coefficient (Wildman–Crippen LogP) is 2.62. The highest BCUT2D eigenvalue weighted by Crippen LogP contribution is 2.19. The summed E-state index contributed by atoms with van der Waals surface area (Å²) in [6.07, 6.45) is 0. The quantitative estimate of drug-likeness (QED) is 0.899. The Hall–Kier alpha value is -2.50. The molecule has 1 aromatic heterocycles. The van der Waals surface area contributed by atoms with Gasteiger partial charge >= 0.3 is 6.03 Å². The van der Waals surface area contributed by atoms with Gasteiger partial charge in [-0.3, -0.25) is 0 Å². The maximum Gasteiger partial charge on any atom is 0.319 e. The number of hydrogen-bond acceptors (Lipinski definition) is 4. The Bertz CT molecular complexity index is 588. The number of aromatic nitrogens is 1. The number of para-hydroxylation sites is 1. The van der Waals surface area contributed by atoms with Crippen molar-refractivity contribution in [2.24, 2.45) is 0 Å². The number of rotatable bonds is 4. The number of anilines is 1. The van der Waals surface area contributed by atoms with Gasteiger partial charge in [-0.2, -0.15) is 0 Å². The summed E-state index contributed by atoms with van der Waals surface area (Å²) in [4.78, 5) is 11.9. The number of benzene rings is 1. The Morgan fingerprint density at radius 3 is 2.75 bits per heavy atom. The lowest BCUT2D eigenvalue weighted by molar-refractivity contribution is 0.251. The first-order valence-electron chi connectivity index (χ1n) is 6.21. The highest BCUT2D eigenvalue weighted by molar-refractivity contribution is 5.90. The van der Waals surface area contributed by atoms with Crippen molar-refractivity contribution >= 4 is 11.7 Å². The number of carbonyl (C=O) groups is 1. The molecule has 0 radical (unpaired) electrons. The zero-order chi connectivity index (χ0) is 14.5. The Balaban J connectivity index is 1.96. The van der Waals surface area contributed by atoms with Crippen molar-refractivity contribution in [3.8, 4) is 5.75 Å². The van der Waals surface area contributed by atoms with Gasteiger partial charge in [-0.05, 0) is 19.9 Å². The largest absolute Gasteiger partial charge is 0.496 e. The number of urea groups is 1. The summed E-state index contributed by atoms with van der Waals surface area (Å²) in [6.45, 7) is 3.89. The molecule has 6 heteroatoms. The monoisotopic (exact) mass is 275 g/mol. The molecule has 0 aliphatic rings. The Kier molecular flexibility index (Phi) is 4.24. The van der Waals surface area contributed by atoms with Gasteiger partial charge < -0.3 is 19.9 Å². The number of amides is 2. The van der Waals surface area contributed by atoms with Crippen LogP contribution in [0.1, 0.15) is 17.0 Å². The van der Waals surface area contributed by atoms with Crippen LogP contribution in [0.3, 0.4) is 0 Å². The molecule has 0 aliphatic heterocycles. The molecule has 0 aliphatic carbocycles. The van der Waals surface area contributed by atoms with Gasteiger partial charge in [0.15, 0.2) is 5.76 Å². The highest BCUT2D eigenvalue weighted by Gasteiger charge is 2.12. The summed E-state index contributed by atoms with van der Waals surface area (Å²) in [6, 6.07) is 7.21. The van der Waals surface area contributed by atoms with Crippen LogP contribution in [0.2, 0.25) is 0 Å². The number of ether oxygens (including phenoxy) is 1. The van der Waals surface area contributed by atoms with Gasteiger partial charge in [-0.25, -0.2) is 4.79 Å². The molecule has 106 valence electrons. The average Bonchev–Trinajstić information content (AvgIpc) is 2.77. The molecule has 0 saturated heterocycles. The third-order valence-corrected chi connectivity index (χ3v) is 2.90. The summed E-state index contributed by atoms with van der Waals surface area (Å²) < 4.78 is 10.2. The minimum absolute atomic E-state index is 0.315. The van der Waals surface area contributed by atoms with E-state index in [1.807, 2.05) is 24.3 Å². The number of hydrogen-bond donors (Lipinski definition) is 2. The molecule has 1 aromatic carbocycles. The van der Waals surface area contributed by atoms with Gasteiger partial charge in [-0.15, -0.1) is 0 Å². The fraction of sp³-hybridized carbons (Fsp3) is 0.286. The van der Waals surface area contributed by atoms with Crippen molar-refractivity contribution < 1.29 is 14.1 Å². The molecule has 2 rings (SSSR count). The van der Waals surface area contributed by atoms with Gasteiger partial charge in [0, 0.05) is 12.1 Å². The SMILES string of the molecule is COc1ccccc1CNC(=O)Nc1c(C)noc1C. The van der Waals surface area contributed by atoms with Crippen LogP contribution in [0.5, 0.6) is 5.75 Å². The molecule has 2 N–H and O–H groups in total. The number of nitrogens with zero attached hydrogens (tertiary/aromatic N) is 1. The van der Waals surface area contributed by atoms with Gasteiger partial charge in [-0.1, -0.05) is 23.4 Å². The smallest absolute Gasteiger partial charge is 0.319 e.